The fourth-order valence-electron chi connectivity index (χ4n) is 2.31. The summed E-state index contributed by atoms with van der Waals surface area (Å²) >= 11 is 6.20. The summed E-state index contributed by atoms with van der Waals surface area (Å²) in [5.41, 5.74) is 1.45. The quantitative estimate of drug-likeness (QED) is 0.893. The number of carbonyl (C=O) groups excluding carboxylic acids is 1. The predicted octanol–water partition coefficient (Wildman–Crippen LogP) is 2.26. The zero-order valence-corrected chi connectivity index (χ0v) is 11.3. The van der Waals surface area contributed by atoms with Crippen molar-refractivity contribution < 1.29 is 14.3 Å². The third kappa shape index (κ3) is 2.48. The highest BCUT2D eigenvalue weighted by Gasteiger charge is 2.29. The van der Waals surface area contributed by atoms with Crippen LogP contribution in [-0.2, 0) is 9.53 Å². The summed E-state index contributed by atoms with van der Waals surface area (Å²) in [4.78, 5) is 11.2. The van der Waals surface area contributed by atoms with E-state index >= 15 is 0 Å². The van der Waals surface area contributed by atoms with Crippen molar-refractivity contribution in [2.75, 3.05) is 24.4 Å². The molecule has 19 heavy (non-hydrogen) atoms. The Kier molecular flexibility index (Phi) is 3.24. The van der Waals surface area contributed by atoms with Gasteiger partial charge in [0.15, 0.2) is 6.61 Å². The lowest BCUT2D eigenvalue weighted by Gasteiger charge is -2.35. The molecule has 0 spiro atoms. The van der Waals surface area contributed by atoms with Crippen LogP contribution in [0.15, 0.2) is 12.1 Å². The maximum atomic E-state index is 11.2. The van der Waals surface area contributed by atoms with Gasteiger partial charge in [0.25, 0.3) is 5.91 Å². The minimum absolute atomic E-state index is 0.0449. The highest BCUT2D eigenvalue weighted by Crippen LogP contribution is 2.38. The number of nitrogens with one attached hydrogen (secondary N) is 2. The molecule has 0 saturated heterocycles. The maximum absolute atomic E-state index is 11.2. The van der Waals surface area contributed by atoms with E-state index in [9.17, 15) is 4.79 Å². The minimum atomic E-state index is -0.161. The minimum Gasteiger partial charge on any atom is -0.482 e. The molecule has 0 aromatic heterocycles. The molecule has 1 saturated carbocycles. The van der Waals surface area contributed by atoms with E-state index in [-0.39, 0.29) is 12.5 Å². The molecule has 1 aliphatic carbocycles. The summed E-state index contributed by atoms with van der Waals surface area (Å²) in [5.74, 6) is 0.486. The van der Waals surface area contributed by atoms with E-state index in [0.717, 1.165) is 18.5 Å². The van der Waals surface area contributed by atoms with Crippen molar-refractivity contribution in [2.24, 2.45) is 0 Å². The average molecular weight is 283 g/mol. The molecule has 0 radical (unpaired) electrons. The van der Waals surface area contributed by atoms with Crippen molar-refractivity contribution in [3.05, 3.63) is 17.2 Å². The Bertz CT molecular complexity index is 515. The van der Waals surface area contributed by atoms with Crippen LogP contribution in [0.25, 0.3) is 0 Å². The molecule has 1 aromatic carbocycles. The lowest BCUT2D eigenvalue weighted by molar-refractivity contribution is -0.118. The molecule has 102 valence electrons. The molecular weight excluding hydrogens is 268 g/mol. The molecule has 1 aliphatic heterocycles. The second-order valence-electron chi connectivity index (χ2n) is 4.84. The van der Waals surface area contributed by atoms with Gasteiger partial charge in [0.1, 0.15) is 5.75 Å². The normalized spacial score (nSPS) is 24.8. The summed E-state index contributed by atoms with van der Waals surface area (Å²) in [6.45, 7) is 0.0449. The standard InChI is InChI=1S/C13H15ClN2O3/c1-18-8-2-7(3-8)15-10-5-12-11(4-9(10)14)16-13(17)6-19-12/h4-5,7-8,15H,2-3,6H2,1H3,(H,16,17). The molecule has 2 N–H and O–H groups in total. The van der Waals surface area contributed by atoms with Gasteiger partial charge >= 0.3 is 0 Å². The number of hydrogen-bond acceptors (Lipinski definition) is 4. The van der Waals surface area contributed by atoms with Crippen LogP contribution in [0, 0.1) is 0 Å². The molecule has 3 rings (SSSR count). The molecule has 0 unspecified atom stereocenters. The van der Waals surface area contributed by atoms with Crippen molar-refractivity contribution in [3.63, 3.8) is 0 Å². The molecule has 1 fully saturated rings. The zero-order valence-electron chi connectivity index (χ0n) is 10.5. The number of anilines is 2. The largest absolute Gasteiger partial charge is 0.482 e. The topological polar surface area (TPSA) is 59.6 Å². The van der Waals surface area contributed by atoms with Crippen LogP contribution >= 0.6 is 11.6 Å². The first-order valence-corrected chi connectivity index (χ1v) is 6.59. The van der Waals surface area contributed by atoms with Crippen LogP contribution in [0.5, 0.6) is 5.75 Å². The van der Waals surface area contributed by atoms with Gasteiger partial charge in [-0.25, -0.2) is 0 Å². The average Bonchev–Trinajstić information content (AvgIpc) is 2.33. The third-order valence-electron chi connectivity index (χ3n) is 3.49. The summed E-state index contributed by atoms with van der Waals surface area (Å²) < 4.78 is 10.6. The van der Waals surface area contributed by atoms with Crippen molar-refractivity contribution >= 4 is 28.9 Å². The molecule has 0 bridgehead atoms. The van der Waals surface area contributed by atoms with Crippen LogP contribution < -0.4 is 15.4 Å². The number of hydrogen-bond donors (Lipinski definition) is 2. The summed E-state index contributed by atoms with van der Waals surface area (Å²) in [5, 5.41) is 6.67. The summed E-state index contributed by atoms with van der Waals surface area (Å²) in [6, 6.07) is 3.92. The molecule has 1 amide bonds. The Hall–Kier alpha value is -1.46. The number of halogens is 1. The Balaban J connectivity index is 1.74. The van der Waals surface area contributed by atoms with Crippen LogP contribution in [0.2, 0.25) is 5.02 Å². The van der Waals surface area contributed by atoms with Gasteiger partial charge in [-0.15, -0.1) is 0 Å². The van der Waals surface area contributed by atoms with Gasteiger partial charge in [-0.2, -0.15) is 0 Å². The lowest BCUT2D eigenvalue weighted by Crippen LogP contribution is -2.40. The molecule has 1 aromatic rings. The first kappa shape index (κ1) is 12.6. The highest BCUT2D eigenvalue weighted by atomic mass is 35.5. The van der Waals surface area contributed by atoms with Crippen LogP contribution in [0.1, 0.15) is 12.8 Å². The number of fused-ring (bicyclic) bond motifs is 1. The zero-order chi connectivity index (χ0) is 13.4. The maximum Gasteiger partial charge on any atom is 0.262 e. The Morgan fingerprint density at radius 2 is 2.26 bits per heavy atom. The van der Waals surface area contributed by atoms with Gasteiger partial charge in [0.2, 0.25) is 0 Å². The molecular formula is C13H15ClN2O3. The Morgan fingerprint density at radius 1 is 1.47 bits per heavy atom. The second kappa shape index (κ2) is 4.90. The molecule has 6 heteroatoms. The molecule has 2 aliphatic rings. The Morgan fingerprint density at radius 3 is 3.00 bits per heavy atom. The van der Waals surface area contributed by atoms with Crippen molar-refractivity contribution in [1.82, 2.24) is 0 Å². The monoisotopic (exact) mass is 282 g/mol. The van der Waals surface area contributed by atoms with Crippen molar-refractivity contribution in [2.45, 2.75) is 25.0 Å². The fraction of sp³-hybridized carbons (Fsp3) is 0.462. The van der Waals surface area contributed by atoms with Gasteiger partial charge in [0, 0.05) is 19.2 Å². The smallest absolute Gasteiger partial charge is 0.262 e. The number of rotatable bonds is 3. The number of methoxy groups -OCH3 is 1. The third-order valence-corrected chi connectivity index (χ3v) is 3.80. The Labute approximate surface area is 116 Å². The number of carbonyl (C=O) groups is 1. The predicted molar refractivity (Wildman–Crippen MR) is 73.0 cm³/mol. The molecule has 5 nitrogen and oxygen atoms in total. The van der Waals surface area contributed by atoms with Gasteiger partial charge < -0.3 is 20.1 Å². The summed E-state index contributed by atoms with van der Waals surface area (Å²) in [6.07, 6.45) is 2.28. The SMILES string of the molecule is COC1CC(Nc2cc3c(cc2Cl)NC(=O)CO3)C1. The van der Waals surface area contributed by atoms with Gasteiger partial charge in [-0.3, -0.25) is 4.79 Å². The van der Waals surface area contributed by atoms with E-state index in [1.54, 1.807) is 13.2 Å². The highest BCUT2D eigenvalue weighted by molar-refractivity contribution is 6.33. The van der Waals surface area contributed by atoms with Gasteiger partial charge in [-0.05, 0) is 18.9 Å². The lowest BCUT2D eigenvalue weighted by atomic mass is 9.89. The van der Waals surface area contributed by atoms with Crippen LogP contribution in [0.4, 0.5) is 11.4 Å². The fourth-order valence-corrected chi connectivity index (χ4v) is 2.52. The first-order chi connectivity index (χ1) is 9.15. The number of ether oxygens (including phenoxy) is 2. The van der Waals surface area contributed by atoms with Crippen LogP contribution in [0.3, 0.4) is 0 Å². The van der Waals surface area contributed by atoms with E-state index in [0.29, 0.717) is 28.6 Å². The summed E-state index contributed by atoms with van der Waals surface area (Å²) in [7, 11) is 1.73. The van der Waals surface area contributed by atoms with Gasteiger partial charge in [-0.1, -0.05) is 11.6 Å². The number of benzene rings is 1. The van der Waals surface area contributed by atoms with Crippen LogP contribution in [-0.4, -0.2) is 31.8 Å². The van der Waals surface area contributed by atoms with E-state index in [2.05, 4.69) is 10.6 Å². The number of amides is 1. The second-order valence-corrected chi connectivity index (χ2v) is 5.24. The van der Waals surface area contributed by atoms with Gasteiger partial charge in [0.05, 0.1) is 22.5 Å². The van der Waals surface area contributed by atoms with Crippen molar-refractivity contribution in [1.29, 1.82) is 0 Å². The first-order valence-electron chi connectivity index (χ1n) is 6.21. The van der Waals surface area contributed by atoms with E-state index in [1.165, 1.54) is 0 Å². The van der Waals surface area contributed by atoms with E-state index in [1.807, 2.05) is 6.07 Å². The molecule has 0 atom stereocenters. The van der Waals surface area contributed by atoms with E-state index in [4.69, 9.17) is 21.1 Å². The molecule has 1 heterocycles. The van der Waals surface area contributed by atoms with E-state index < -0.39 is 0 Å². The van der Waals surface area contributed by atoms with Crippen molar-refractivity contribution in [3.8, 4) is 5.75 Å².